The number of thiophene rings is 3. The molecule has 0 N–H and O–H groups in total. The van der Waals surface area contributed by atoms with Crippen molar-refractivity contribution in [2.75, 3.05) is 7.11 Å². The molecule has 27 heteroatoms. The first kappa shape index (κ1) is 93.0. The van der Waals surface area contributed by atoms with Crippen molar-refractivity contribution in [2.45, 2.75) is 38.5 Å². The maximum atomic E-state index is 12.4. The summed E-state index contributed by atoms with van der Waals surface area (Å²) in [5.74, 6) is 0.595. The zero-order valence-corrected chi connectivity index (χ0v) is 74.6. The van der Waals surface area contributed by atoms with Gasteiger partial charge in [-0.3, -0.25) is 38.9 Å². The highest BCUT2D eigenvalue weighted by molar-refractivity contribution is 7.13. The molecule has 0 saturated heterocycles. The van der Waals surface area contributed by atoms with Crippen molar-refractivity contribution < 1.29 is 38.4 Å². The topological polar surface area (TPSA) is 262 Å². The lowest BCUT2D eigenvalue weighted by Gasteiger charge is -2.06. The van der Waals surface area contributed by atoms with E-state index < -0.39 is 10.8 Å². The van der Waals surface area contributed by atoms with Gasteiger partial charge >= 0.3 is 5.00 Å². The van der Waals surface area contributed by atoms with Crippen molar-refractivity contribution in [3.05, 3.63) is 459 Å². The fraction of sp³-hybridized carbons (Fsp3) is 0.0769. The van der Waals surface area contributed by atoms with Gasteiger partial charge in [-0.25, -0.2) is 23.4 Å². The number of hydrogen-bond acceptors (Lipinski definition) is 18. The van der Waals surface area contributed by atoms with Crippen LogP contribution in [0.2, 0.25) is 10.0 Å². The van der Waals surface area contributed by atoms with Crippen molar-refractivity contribution in [3.63, 3.8) is 0 Å². The lowest BCUT2D eigenvalue weighted by Crippen LogP contribution is -2.14. The lowest BCUT2D eigenvalue weighted by atomic mass is 10.0. The van der Waals surface area contributed by atoms with Gasteiger partial charge in [-0.05, 0) is 190 Å². The van der Waals surface area contributed by atoms with Crippen LogP contribution in [-0.2, 0) is 6.42 Å². The van der Waals surface area contributed by atoms with Crippen LogP contribution in [0, 0.1) is 16.0 Å². The molecule has 131 heavy (non-hydrogen) atoms. The number of aromatic nitrogens is 12. The van der Waals surface area contributed by atoms with Gasteiger partial charge in [0.2, 0.25) is 5.91 Å². The summed E-state index contributed by atoms with van der Waals surface area (Å²) in [5, 5.41) is 42.4. The summed E-state index contributed by atoms with van der Waals surface area (Å²) in [6.07, 6.45) is 38.6. The monoisotopic (exact) mass is 1830 g/mol. The van der Waals surface area contributed by atoms with Crippen LogP contribution in [0.1, 0.15) is 155 Å². The van der Waals surface area contributed by atoms with E-state index in [1.807, 2.05) is 296 Å². The van der Waals surface area contributed by atoms with Crippen LogP contribution in [0.5, 0.6) is 5.75 Å². The highest BCUT2D eigenvalue weighted by Crippen LogP contribution is 2.30. The minimum atomic E-state index is -0.515. The van der Waals surface area contributed by atoms with Gasteiger partial charge in [-0.1, -0.05) is 278 Å². The molecule has 1 aliphatic rings. The average molecular weight is 1830 g/mol. The quantitative estimate of drug-likeness (QED) is 0.0451. The van der Waals surface area contributed by atoms with Gasteiger partial charge in [0.1, 0.15) is 5.75 Å². The van der Waals surface area contributed by atoms with E-state index >= 15 is 0 Å². The van der Waals surface area contributed by atoms with E-state index in [4.69, 9.17) is 27.9 Å². The van der Waals surface area contributed by atoms with Crippen LogP contribution < -0.4 is 4.74 Å². The summed E-state index contributed by atoms with van der Waals surface area (Å²) < 4.78 is 13.3. The van der Waals surface area contributed by atoms with Gasteiger partial charge in [0.15, 0.2) is 0 Å². The van der Waals surface area contributed by atoms with Gasteiger partial charge in [0.25, 0.3) is 29.5 Å². The zero-order valence-electron chi connectivity index (χ0n) is 70.6. The summed E-state index contributed by atoms with van der Waals surface area (Å²) >= 11 is 16.0. The fourth-order valence-corrected chi connectivity index (χ4v) is 15.4. The van der Waals surface area contributed by atoms with Crippen molar-refractivity contribution in [2.24, 2.45) is 5.92 Å². The van der Waals surface area contributed by atoms with Crippen LogP contribution in [-0.4, -0.2) is 106 Å². The maximum absolute atomic E-state index is 12.4. The molecule has 0 bridgehead atoms. The largest absolute Gasteiger partial charge is 0.497 e. The summed E-state index contributed by atoms with van der Waals surface area (Å²) in [7, 11) is 1.62. The average Bonchev–Trinajstić information content (AvgIpc) is 1.73. The predicted octanol–water partition coefficient (Wildman–Crippen LogP) is 24.6. The Hall–Kier alpha value is -15.6. The maximum Gasteiger partial charge on any atom is 0.324 e. The van der Waals surface area contributed by atoms with Gasteiger partial charge in [0.05, 0.1) is 74.1 Å². The number of methoxy groups -OCH3 is 1. The van der Waals surface area contributed by atoms with E-state index in [-0.39, 0.29) is 40.1 Å². The Morgan fingerprint density at radius 3 is 1.20 bits per heavy atom. The molecule has 9 aromatic heterocycles. The third kappa shape index (κ3) is 28.4. The standard InChI is InChI=1S/C20H18N2O2.C18H14N2O.C18H20N2O.C16H10Cl2N2OS.C16H11N3O3S.C16H12N2OS/c1-24-19-11-8-17(9-12-19)15-20(23)22-14-13-18(21-22)10-7-16-5-3-2-4-6-16;21-18(16-9-5-2-6-10-16)20-14-13-17(19-20)12-11-15-7-3-1-4-8-15;21-18(14-16-8-4-5-9-16)20-13-12-17(19-20)11-10-15-6-2-1-3-7-15;17-13-3-1-4-14(18)12(13)7-6-11-8-9-19-20(11)16(21)15-5-2-10-22-15;20-16(13-10-15(19(21)22)23-11-13)18-9-8-14(17-18)7-6-12-4-2-1-3-5-12;19-16(15-7-4-12-20-15)18-11-10-14(17-18)9-8-13-5-2-1-3-6-13/h2-14H,15H2,1H3;1-14H;1-3,6-7,10-13,16H,4-5,8-9,14H2;1-10H;1-11H;1-12H/b10-7+;12-11+;11-10+;2*7-6+;9-8+. The number of carbonyl (C=O) groups excluding carboxylic acids is 6. The molecule has 8 aromatic carbocycles. The van der Waals surface area contributed by atoms with Crippen LogP contribution in [0.25, 0.3) is 72.9 Å². The molecule has 1 fully saturated rings. The van der Waals surface area contributed by atoms with Crippen molar-refractivity contribution in [1.82, 2.24) is 58.7 Å². The molecular formula is C104H85Cl2N13O9S3. The Balaban J connectivity index is 0.000000134. The van der Waals surface area contributed by atoms with Crippen molar-refractivity contribution >= 4 is 171 Å². The zero-order chi connectivity index (χ0) is 91.3. The van der Waals surface area contributed by atoms with Gasteiger partial charge in [-0.2, -0.15) is 35.3 Å². The number of nitro groups is 1. The molecular weight excluding hydrogens is 1740 g/mol. The molecule has 17 aromatic rings. The molecule has 0 radical (unpaired) electrons. The molecule has 0 unspecified atom stereocenters. The third-order valence-corrected chi connectivity index (χ3v) is 22.9. The third-order valence-electron chi connectivity index (χ3n) is 19.6. The Bertz CT molecular complexity index is 6750. The number of halogens is 2. The lowest BCUT2D eigenvalue weighted by molar-refractivity contribution is -0.380. The number of carbonyl (C=O) groups is 6. The molecule has 0 atom stereocenters. The first-order chi connectivity index (χ1) is 64.0. The molecule has 652 valence electrons. The van der Waals surface area contributed by atoms with Gasteiger partial charge < -0.3 is 4.74 Å². The first-order valence-corrected chi connectivity index (χ1v) is 44.7. The Labute approximate surface area is 778 Å². The Morgan fingerprint density at radius 2 is 0.794 bits per heavy atom. The fourth-order valence-electron chi connectivity index (χ4n) is 12.9. The second kappa shape index (κ2) is 48.3. The molecule has 0 amide bonds. The summed E-state index contributed by atoms with van der Waals surface area (Å²) in [5.41, 5.74) is 12.3. The molecule has 9 heterocycles. The van der Waals surface area contributed by atoms with Crippen LogP contribution in [0.15, 0.2) is 345 Å². The molecule has 18 rings (SSSR count). The minimum Gasteiger partial charge on any atom is -0.497 e. The van der Waals surface area contributed by atoms with E-state index in [2.05, 4.69) is 30.6 Å². The van der Waals surface area contributed by atoms with E-state index in [1.54, 1.807) is 111 Å². The van der Waals surface area contributed by atoms with Crippen molar-refractivity contribution in [1.29, 1.82) is 0 Å². The summed E-state index contributed by atoms with van der Waals surface area (Å²) in [6.45, 7) is 0. The minimum absolute atomic E-state index is 0.0651. The van der Waals surface area contributed by atoms with E-state index in [0.717, 1.165) is 73.2 Å². The Kier molecular flexibility index (Phi) is 34.3. The summed E-state index contributed by atoms with van der Waals surface area (Å²) in [6, 6.07) is 91.0. The van der Waals surface area contributed by atoms with Crippen LogP contribution in [0.3, 0.4) is 0 Å². The molecule has 0 aliphatic heterocycles. The first-order valence-electron chi connectivity index (χ1n) is 41.3. The van der Waals surface area contributed by atoms with E-state index in [0.29, 0.717) is 61.1 Å². The number of nitrogens with zero attached hydrogens (tertiary/aromatic N) is 13. The Morgan fingerprint density at radius 1 is 0.405 bits per heavy atom. The molecule has 1 saturated carbocycles. The van der Waals surface area contributed by atoms with Crippen LogP contribution >= 0.6 is 57.2 Å². The van der Waals surface area contributed by atoms with E-state index in [1.165, 1.54) is 94.1 Å². The second-order valence-corrected chi connectivity index (χ2v) is 32.5. The highest BCUT2D eigenvalue weighted by Gasteiger charge is 2.22. The van der Waals surface area contributed by atoms with Gasteiger partial charge in [-0.15, -0.1) is 22.7 Å². The SMILES string of the molecule is COc1ccc(CC(=O)n2ccc(/C=C/c3ccccc3)n2)cc1.O=C(CC1CCCC1)n1ccc(/C=C/c2ccccc2)n1.O=C(c1ccccc1)n1ccc(/C=C/c2ccccc2)n1.O=C(c1cccs1)n1ccc(/C=C/c2ccccc2)n1.O=C(c1cccs1)n1nccc1/C=C/c1c(Cl)cccc1Cl.O=C(c1csc([N+](=O)[O-])c1)n1ccc(/C=C/c2ccccc2)n1. The normalized spacial score (nSPS) is 11.7. The van der Waals surface area contributed by atoms with Crippen LogP contribution in [0.4, 0.5) is 5.00 Å². The predicted molar refractivity (Wildman–Crippen MR) is 525 cm³/mol. The second-order valence-electron chi connectivity index (χ2n) is 28.9. The molecule has 1 aliphatic carbocycles. The summed E-state index contributed by atoms with van der Waals surface area (Å²) in [4.78, 5) is 84.8. The number of rotatable bonds is 22. The number of hydrogen-bond donors (Lipinski definition) is 0. The molecule has 22 nitrogen and oxygen atoms in total. The van der Waals surface area contributed by atoms with Crippen molar-refractivity contribution in [3.8, 4) is 5.75 Å². The molecule has 0 spiro atoms. The number of benzene rings is 8. The smallest absolute Gasteiger partial charge is 0.324 e. The van der Waals surface area contributed by atoms with E-state index in [9.17, 15) is 38.9 Å². The van der Waals surface area contributed by atoms with Gasteiger partial charge in [0, 0.05) is 70.0 Å². The highest BCUT2D eigenvalue weighted by atomic mass is 35.5. The number of ether oxygens (including phenoxy) is 1.